The van der Waals surface area contributed by atoms with Crippen LogP contribution >= 0.6 is 0 Å². The van der Waals surface area contributed by atoms with Crippen LogP contribution in [0.15, 0.2) is 54.6 Å². The number of anilines is 1. The summed E-state index contributed by atoms with van der Waals surface area (Å²) < 4.78 is 10.5. The van der Waals surface area contributed by atoms with Crippen molar-refractivity contribution in [3.63, 3.8) is 0 Å². The van der Waals surface area contributed by atoms with E-state index in [1.165, 1.54) is 19.1 Å². The molecule has 0 radical (unpaired) electrons. The first-order valence-electron chi connectivity index (χ1n) is 7.74. The van der Waals surface area contributed by atoms with Gasteiger partial charge in [-0.1, -0.05) is 48.5 Å². The number of hydrogen-bond acceptors (Lipinski definition) is 5. The standard InChI is InChI=1S/C19H19NO5/c1-20-15-12-8-7-11-14(15)18(23,16(20)21)19(25-3,17(22)24-2)13-9-5-4-6-10-13/h4-12,23H,1-3H3/t18-,19+/m1/s1. The minimum Gasteiger partial charge on any atom is -0.467 e. The Hall–Kier alpha value is -2.70. The van der Waals surface area contributed by atoms with Crippen molar-refractivity contribution in [3.8, 4) is 0 Å². The summed E-state index contributed by atoms with van der Waals surface area (Å²) in [5, 5.41) is 11.6. The maximum absolute atomic E-state index is 13.1. The average molecular weight is 341 g/mol. The number of hydrogen-bond donors (Lipinski definition) is 1. The Labute approximate surface area is 145 Å². The molecule has 0 unspecified atom stereocenters. The number of carbonyl (C=O) groups is 2. The van der Waals surface area contributed by atoms with Crippen LogP contribution in [0.4, 0.5) is 5.69 Å². The highest BCUT2D eigenvalue weighted by Crippen LogP contribution is 2.52. The predicted octanol–water partition coefficient (Wildman–Crippen LogP) is 1.57. The third kappa shape index (κ3) is 2.04. The summed E-state index contributed by atoms with van der Waals surface area (Å²) in [7, 11) is 4.01. The fourth-order valence-electron chi connectivity index (χ4n) is 3.52. The lowest BCUT2D eigenvalue weighted by atomic mass is 9.73. The maximum atomic E-state index is 13.1. The molecule has 1 aliphatic heterocycles. The summed E-state index contributed by atoms with van der Waals surface area (Å²) in [6, 6.07) is 15.2. The third-order valence-corrected chi connectivity index (χ3v) is 4.74. The highest BCUT2D eigenvalue weighted by Gasteiger charge is 2.68. The van der Waals surface area contributed by atoms with Gasteiger partial charge in [-0.3, -0.25) is 4.79 Å². The van der Waals surface area contributed by atoms with Crippen molar-refractivity contribution < 1.29 is 24.2 Å². The third-order valence-electron chi connectivity index (χ3n) is 4.74. The highest BCUT2D eigenvalue weighted by molar-refractivity contribution is 6.10. The van der Waals surface area contributed by atoms with Crippen LogP contribution < -0.4 is 4.90 Å². The Kier molecular flexibility index (Phi) is 4.10. The van der Waals surface area contributed by atoms with Crippen LogP contribution in [0.5, 0.6) is 0 Å². The van der Waals surface area contributed by atoms with Crippen LogP contribution in [0.3, 0.4) is 0 Å². The number of esters is 1. The Balaban J connectivity index is 2.38. The average Bonchev–Trinajstić information content (AvgIpc) is 2.86. The van der Waals surface area contributed by atoms with Gasteiger partial charge >= 0.3 is 5.97 Å². The van der Waals surface area contributed by atoms with E-state index in [1.54, 1.807) is 61.6 Å². The molecule has 1 aliphatic rings. The molecule has 3 rings (SSSR count). The number of fused-ring (bicyclic) bond motifs is 1. The molecule has 25 heavy (non-hydrogen) atoms. The summed E-state index contributed by atoms with van der Waals surface area (Å²) in [6.07, 6.45) is 0. The monoisotopic (exact) mass is 341 g/mol. The molecule has 0 saturated heterocycles. The van der Waals surface area contributed by atoms with Gasteiger partial charge in [0.05, 0.1) is 12.8 Å². The Morgan fingerprint density at radius 1 is 1.08 bits per heavy atom. The normalized spacial score (nSPS) is 21.6. The van der Waals surface area contributed by atoms with Gasteiger partial charge in [-0.15, -0.1) is 0 Å². The quantitative estimate of drug-likeness (QED) is 0.854. The van der Waals surface area contributed by atoms with Gasteiger partial charge in [-0.2, -0.15) is 0 Å². The molecular weight excluding hydrogens is 322 g/mol. The number of rotatable bonds is 4. The van der Waals surface area contributed by atoms with Gasteiger partial charge in [0, 0.05) is 19.7 Å². The molecule has 1 N–H and O–H groups in total. The van der Waals surface area contributed by atoms with E-state index in [-0.39, 0.29) is 0 Å². The van der Waals surface area contributed by atoms with Gasteiger partial charge in [-0.25, -0.2) is 4.79 Å². The lowest BCUT2D eigenvalue weighted by molar-refractivity contribution is -0.210. The molecule has 2 aromatic rings. The Bertz CT molecular complexity index is 822. The number of methoxy groups -OCH3 is 2. The lowest BCUT2D eigenvalue weighted by Gasteiger charge is -2.40. The van der Waals surface area contributed by atoms with Gasteiger partial charge in [0.15, 0.2) is 0 Å². The molecule has 6 heteroatoms. The lowest BCUT2D eigenvalue weighted by Crippen LogP contribution is -2.60. The molecule has 0 aliphatic carbocycles. The fourth-order valence-corrected chi connectivity index (χ4v) is 3.52. The van der Waals surface area contributed by atoms with E-state index in [9.17, 15) is 14.7 Å². The van der Waals surface area contributed by atoms with Crippen LogP contribution in [0.2, 0.25) is 0 Å². The van der Waals surface area contributed by atoms with Crippen molar-refractivity contribution in [1.82, 2.24) is 0 Å². The first-order valence-corrected chi connectivity index (χ1v) is 7.74. The summed E-state index contributed by atoms with van der Waals surface area (Å²) in [5.41, 5.74) is -3.18. The molecule has 0 bridgehead atoms. The molecular formula is C19H19NO5. The number of ether oxygens (including phenoxy) is 2. The molecule has 6 nitrogen and oxygen atoms in total. The maximum Gasteiger partial charge on any atom is 0.346 e. The molecule has 130 valence electrons. The summed E-state index contributed by atoms with van der Waals surface area (Å²) in [6.45, 7) is 0. The van der Waals surface area contributed by atoms with Crippen molar-refractivity contribution in [3.05, 3.63) is 65.7 Å². The van der Waals surface area contributed by atoms with E-state index in [0.717, 1.165) is 0 Å². The van der Waals surface area contributed by atoms with E-state index in [2.05, 4.69) is 0 Å². The van der Waals surface area contributed by atoms with Gasteiger partial charge < -0.3 is 19.5 Å². The van der Waals surface area contributed by atoms with Crippen molar-refractivity contribution >= 4 is 17.6 Å². The van der Waals surface area contributed by atoms with Crippen LogP contribution in [-0.2, 0) is 30.3 Å². The second-order valence-corrected chi connectivity index (χ2v) is 5.83. The van der Waals surface area contributed by atoms with Crippen LogP contribution in [0.1, 0.15) is 11.1 Å². The number of nitrogens with zero attached hydrogens (tertiary/aromatic N) is 1. The van der Waals surface area contributed by atoms with Gasteiger partial charge in [0.25, 0.3) is 5.91 Å². The topological polar surface area (TPSA) is 76.1 Å². The Morgan fingerprint density at radius 3 is 2.28 bits per heavy atom. The number of para-hydroxylation sites is 1. The van der Waals surface area contributed by atoms with Gasteiger partial charge in [0.2, 0.25) is 11.2 Å². The minimum atomic E-state index is -2.26. The zero-order valence-corrected chi connectivity index (χ0v) is 14.2. The molecule has 0 spiro atoms. The summed E-state index contributed by atoms with van der Waals surface area (Å²) in [5.74, 6) is -1.52. The fraction of sp³-hybridized carbons (Fsp3) is 0.263. The van der Waals surface area contributed by atoms with Crippen LogP contribution in [0, 0.1) is 0 Å². The Morgan fingerprint density at radius 2 is 1.68 bits per heavy atom. The van der Waals surface area contributed by atoms with Gasteiger partial charge in [-0.05, 0) is 11.6 Å². The molecule has 2 atom stereocenters. The van der Waals surface area contributed by atoms with E-state index in [4.69, 9.17) is 9.47 Å². The molecule has 0 saturated carbocycles. The van der Waals surface area contributed by atoms with Gasteiger partial charge in [0.1, 0.15) is 0 Å². The zero-order valence-electron chi connectivity index (χ0n) is 14.2. The minimum absolute atomic E-state index is 0.290. The number of likely N-dealkylation sites (N-methyl/N-ethyl adjacent to an activating group) is 1. The smallest absolute Gasteiger partial charge is 0.346 e. The molecule has 1 heterocycles. The second kappa shape index (κ2) is 5.98. The highest BCUT2D eigenvalue weighted by atomic mass is 16.6. The SMILES string of the molecule is COC(=O)[C@@](OC)(c1ccccc1)[C@]1(O)C(=O)N(C)c2ccccc21. The van der Waals surface area contributed by atoms with Crippen LogP contribution in [0.25, 0.3) is 0 Å². The van der Waals surface area contributed by atoms with E-state index >= 15 is 0 Å². The first kappa shape index (κ1) is 17.1. The van der Waals surface area contributed by atoms with E-state index < -0.39 is 23.1 Å². The second-order valence-electron chi connectivity index (χ2n) is 5.83. The molecule has 1 amide bonds. The zero-order chi connectivity index (χ0) is 18.2. The van der Waals surface area contributed by atoms with Crippen molar-refractivity contribution in [1.29, 1.82) is 0 Å². The molecule has 0 aromatic heterocycles. The number of amides is 1. The van der Waals surface area contributed by atoms with E-state index in [1.807, 2.05) is 0 Å². The van der Waals surface area contributed by atoms with Crippen molar-refractivity contribution in [2.45, 2.75) is 11.2 Å². The number of carbonyl (C=O) groups excluding carboxylic acids is 2. The largest absolute Gasteiger partial charge is 0.467 e. The van der Waals surface area contributed by atoms with Crippen LogP contribution in [-0.4, -0.2) is 38.3 Å². The predicted molar refractivity (Wildman–Crippen MR) is 90.9 cm³/mol. The number of benzene rings is 2. The first-order chi connectivity index (χ1) is 11.9. The van der Waals surface area contributed by atoms with Crippen molar-refractivity contribution in [2.24, 2.45) is 0 Å². The molecule has 0 fully saturated rings. The number of aliphatic hydroxyl groups is 1. The summed E-state index contributed by atoms with van der Waals surface area (Å²) >= 11 is 0. The molecule has 2 aromatic carbocycles. The van der Waals surface area contributed by atoms with E-state index in [0.29, 0.717) is 16.8 Å². The summed E-state index contributed by atoms with van der Waals surface area (Å²) in [4.78, 5) is 27.2. The van der Waals surface area contributed by atoms with Crippen molar-refractivity contribution in [2.75, 3.05) is 26.2 Å².